The minimum Gasteiger partial charge on any atom is -0.358 e. The third-order valence-corrected chi connectivity index (χ3v) is 4.30. The molecule has 7 heteroatoms. The maximum atomic E-state index is 12.3. The maximum absolute atomic E-state index is 12.3. The van der Waals surface area contributed by atoms with Crippen molar-refractivity contribution in [1.29, 1.82) is 0 Å². The topological polar surface area (TPSA) is 85.1 Å². The van der Waals surface area contributed by atoms with Crippen molar-refractivity contribution < 1.29 is 12.9 Å². The lowest BCUT2D eigenvalue weighted by Gasteiger charge is -2.14. The van der Waals surface area contributed by atoms with Crippen molar-refractivity contribution in [3.05, 3.63) is 35.3 Å². The van der Waals surface area contributed by atoms with E-state index in [0.717, 1.165) is 5.56 Å². The summed E-state index contributed by atoms with van der Waals surface area (Å²) in [6.07, 6.45) is 2.90. The molecule has 0 aliphatic carbocycles. The highest BCUT2D eigenvalue weighted by molar-refractivity contribution is 7.92. The maximum Gasteiger partial charge on any atom is 0.264 e. The minimum atomic E-state index is -3.73. The van der Waals surface area contributed by atoms with Gasteiger partial charge in [-0.1, -0.05) is 25.9 Å². The number of aryl methyl sites for hydroxylation is 1. The highest BCUT2D eigenvalue weighted by Gasteiger charge is 2.26. The number of hydrogen-bond acceptors (Lipinski definition) is 5. The fraction of sp³-hybridized carbons (Fsp3) is 0.429. The lowest BCUT2D eigenvalue weighted by Crippen LogP contribution is -2.15. The largest absolute Gasteiger partial charge is 0.358 e. The first-order valence-corrected chi connectivity index (χ1v) is 8.01. The Kier molecular flexibility index (Phi) is 3.79. The molecular formula is C14H19N3O3S. The van der Waals surface area contributed by atoms with Crippen LogP contribution >= 0.6 is 0 Å². The molecule has 0 aliphatic heterocycles. The Balaban J connectivity index is 2.36. The minimum absolute atomic E-state index is 0.0993. The van der Waals surface area contributed by atoms with Gasteiger partial charge < -0.3 is 4.52 Å². The van der Waals surface area contributed by atoms with Crippen LogP contribution < -0.4 is 4.72 Å². The monoisotopic (exact) mass is 309 g/mol. The van der Waals surface area contributed by atoms with Gasteiger partial charge in [0, 0.05) is 23.4 Å². The molecule has 0 atom stereocenters. The van der Waals surface area contributed by atoms with Crippen LogP contribution in [0.4, 0.5) is 5.82 Å². The molecule has 6 nitrogen and oxygen atoms in total. The van der Waals surface area contributed by atoms with Crippen LogP contribution in [0.15, 0.2) is 27.9 Å². The number of anilines is 1. The van der Waals surface area contributed by atoms with Gasteiger partial charge in [-0.15, -0.1) is 0 Å². The summed E-state index contributed by atoms with van der Waals surface area (Å²) in [7, 11) is -3.73. The van der Waals surface area contributed by atoms with E-state index < -0.39 is 10.0 Å². The van der Waals surface area contributed by atoms with Gasteiger partial charge >= 0.3 is 0 Å². The Morgan fingerprint density at radius 1 is 1.19 bits per heavy atom. The highest BCUT2D eigenvalue weighted by Crippen LogP contribution is 2.30. The molecule has 21 heavy (non-hydrogen) atoms. The van der Waals surface area contributed by atoms with Crippen LogP contribution in [0.5, 0.6) is 0 Å². The number of nitrogens with one attached hydrogen (secondary N) is 1. The van der Waals surface area contributed by atoms with Crippen LogP contribution in [-0.2, 0) is 15.4 Å². The number of rotatable bonds is 3. The molecule has 0 aliphatic rings. The number of aromatic nitrogens is 2. The summed E-state index contributed by atoms with van der Waals surface area (Å²) < 4.78 is 32.4. The van der Waals surface area contributed by atoms with Gasteiger partial charge in [0.05, 0.1) is 0 Å². The van der Waals surface area contributed by atoms with Gasteiger partial charge in [-0.2, -0.15) is 0 Å². The summed E-state index contributed by atoms with van der Waals surface area (Å²) in [5.41, 5.74) is 1.21. The molecule has 0 saturated carbocycles. The van der Waals surface area contributed by atoms with Crippen LogP contribution in [-0.4, -0.2) is 18.6 Å². The Morgan fingerprint density at radius 3 is 2.38 bits per heavy atom. The molecule has 1 N–H and O–H groups in total. The van der Waals surface area contributed by atoms with Gasteiger partial charge in [-0.25, -0.2) is 8.42 Å². The first-order valence-electron chi connectivity index (χ1n) is 6.52. The van der Waals surface area contributed by atoms with Crippen molar-refractivity contribution in [2.75, 3.05) is 4.72 Å². The third-order valence-electron chi connectivity index (χ3n) is 3.00. The predicted octanol–water partition coefficient (Wildman–Crippen LogP) is 2.78. The number of sulfonamides is 1. The SMILES string of the molecule is Cc1cncc(S(=O)(=O)Nc2noc(C(C)(C)C)c2C)c1. The van der Waals surface area contributed by atoms with E-state index in [4.69, 9.17) is 4.52 Å². The van der Waals surface area contributed by atoms with Crippen molar-refractivity contribution in [2.24, 2.45) is 0 Å². The molecule has 0 fully saturated rings. The molecule has 0 aromatic carbocycles. The van der Waals surface area contributed by atoms with Crippen LogP contribution in [0.1, 0.15) is 37.7 Å². The van der Waals surface area contributed by atoms with E-state index in [1.165, 1.54) is 6.20 Å². The first kappa shape index (κ1) is 15.5. The van der Waals surface area contributed by atoms with Crippen LogP contribution in [0.25, 0.3) is 0 Å². The van der Waals surface area contributed by atoms with E-state index in [2.05, 4.69) is 14.9 Å². The number of hydrogen-bond donors (Lipinski definition) is 1. The molecule has 0 bridgehead atoms. The zero-order valence-corrected chi connectivity index (χ0v) is 13.6. The zero-order valence-electron chi connectivity index (χ0n) is 12.8. The Labute approximate surface area is 124 Å². The average molecular weight is 309 g/mol. The number of pyridine rings is 1. The molecule has 0 spiro atoms. The van der Waals surface area contributed by atoms with E-state index in [1.807, 2.05) is 20.8 Å². The molecule has 2 rings (SSSR count). The van der Waals surface area contributed by atoms with Gasteiger partial charge in [0.1, 0.15) is 10.7 Å². The molecule has 2 aromatic heterocycles. The van der Waals surface area contributed by atoms with Gasteiger partial charge in [0.2, 0.25) is 0 Å². The van der Waals surface area contributed by atoms with Crippen molar-refractivity contribution in [3.63, 3.8) is 0 Å². The van der Waals surface area contributed by atoms with Crippen molar-refractivity contribution in [3.8, 4) is 0 Å². The third kappa shape index (κ3) is 3.24. The molecular weight excluding hydrogens is 290 g/mol. The van der Waals surface area contributed by atoms with E-state index in [1.54, 1.807) is 26.1 Å². The van der Waals surface area contributed by atoms with Gasteiger partial charge in [0.15, 0.2) is 5.82 Å². The van der Waals surface area contributed by atoms with Gasteiger partial charge in [-0.3, -0.25) is 9.71 Å². The van der Waals surface area contributed by atoms with E-state index in [-0.39, 0.29) is 16.1 Å². The molecule has 2 aromatic rings. The summed E-state index contributed by atoms with van der Waals surface area (Å²) in [5.74, 6) is 0.865. The average Bonchev–Trinajstić information content (AvgIpc) is 2.70. The van der Waals surface area contributed by atoms with E-state index in [9.17, 15) is 8.42 Å². The summed E-state index contributed by atoms with van der Waals surface area (Å²) in [5, 5.41) is 3.83. The van der Waals surface area contributed by atoms with Crippen LogP contribution in [0.2, 0.25) is 0 Å². The second kappa shape index (κ2) is 5.14. The standard InChI is InChI=1S/C14H19N3O3S/c1-9-6-11(8-15-7-9)21(18,19)17-13-10(2)12(20-16-13)14(3,4)5/h6-8H,1-5H3,(H,16,17). The van der Waals surface area contributed by atoms with Crippen LogP contribution in [0.3, 0.4) is 0 Å². The summed E-state index contributed by atoms with van der Waals surface area (Å²) >= 11 is 0. The fourth-order valence-corrected chi connectivity index (χ4v) is 3.09. The Hall–Kier alpha value is -1.89. The normalized spacial score (nSPS) is 12.4. The van der Waals surface area contributed by atoms with Crippen molar-refractivity contribution in [2.45, 2.75) is 44.9 Å². The number of nitrogens with zero attached hydrogens (tertiary/aromatic N) is 2. The van der Waals surface area contributed by atoms with Crippen LogP contribution in [0, 0.1) is 13.8 Å². The zero-order chi connectivity index (χ0) is 15.8. The predicted molar refractivity (Wildman–Crippen MR) is 79.7 cm³/mol. The van der Waals surface area contributed by atoms with E-state index >= 15 is 0 Å². The quantitative estimate of drug-likeness (QED) is 0.942. The lowest BCUT2D eigenvalue weighted by molar-refractivity contribution is 0.329. The molecule has 0 saturated heterocycles. The second-order valence-electron chi connectivity index (χ2n) is 6.04. The Bertz CT molecular complexity index is 758. The second-order valence-corrected chi connectivity index (χ2v) is 7.72. The van der Waals surface area contributed by atoms with Gasteiger partial charge in [-0.05, 0) is 25.5 Å². The smallest absolute Gasteiger partial charge is 0.264 e. The highest BCUT2D eigenvalue weighted by atomic mass is 32.2. The molecule has 0 unspecified atom stereocenters. The summed E-state index contributed by atoms with van der Waals surface area (Å²) in [4.78, 5) is 4.00. The fourth-order valence-electron chi connectivity index (χ4n) is 1.99. The van der Waals surface area contributed by atoms with Gasteiger partial charge in [0.25, 0.3) is 10.0 Å². The molecule has 2 heterocycles. The first-order chi connectivity index (χ1) is 9.61. The molecule has 0 radical (unpaired) electrons. The molecule has 0 amide bonds. The summed E-state index contributed by atoms with van der Waals surface area (Å²) in [6.45, 7) is 9.49. The van der Waals surface area contributed by atoms with E-state index in [0.29, 0.717) is 11.3 Å². The molecule has 114 valence electrons. The lowest BCUT2D eigenvalue weighted by atomic mass is 9.91. The summed E-state index contributed by atoms with van der Waals surface area (Å²) in [6, 6.07) is 1.55. The Morgan fingerprint density at radius 2 is 1.86 bits per heavy atom. The van der Waals surface area contributed by atoms with Crippen molar-refractivity contribution >= 4 is 15.8 Å². The van der Waals surface area contributed by atoms with Crippen molar-refractivity contribution in [1.82, 2.24) is 10.1 Å².